The van der Waals surface area contributed by atoms with Crippen LogP contribution in [-0.2, 0) is 11.4 Å². The number of nitrogens with one attached hydrogen (secondary N) is 1. The molecule has 1 amide bonds. The van der Waals surface area contributed by atoms with Gasteiger partial charge in [-0.2, -0.15) is 13.2 Å². The van der Waals surface area contributed by atoms with E-state index in [-0.39, 0.29) is 24.5 Å². The van der Waals surface area contributed by atoms with Crippen molar-refractivity contribution in [2.75, 3.05) is 24.5 Å². The summed E-state index contributed by atoms with van der Waals surface area (Å²) in [5.74, 6) is -1.41. The fraction of sp³-hybridized carbons (Fsp3) is 0.533. The van der Waals surface area contributed by atoms with Crippen molar-refractivity contribution in [2.45, 2.75) is 25.6 Å². The Kier molecular flexibility index (Phi) is 5.83. The fourth-order valence-electron chi connectivity index (χ4n) is 2.82. The minimum Gasteiger partial charge on any atom is -0.392 e. The number of hydrogen-bond donors (Lipinski definition) is 2. The average Bonchev–Trinajstić information content (AvgIpc) is 2.58. The number of alkyl halides is 3. The molecule has 0 spiro atoms. The van der Waals surface area contributed by atoms with E-state index in [2.05, 4.69) is 0 Å². The predicted octanol–water partition coefficient (Wildman–Crippen LogP) is 1.98. The van der Waals surface area contributed by atoms with E-state index in [0.29, 0.717) is 24.9 Å². The first kappa shape index (κ1) is 19.0. The normalized spacial score (nSPS) is 18.1. The lowest BCUT2D eigenvalue weighted by atomic mass is 9.96. The van der Waals surface area contributed by atoms with Crippen molar-refractivity contribution < 1.29 is 28.0 Å². The largest absolute Gasteiger partial charge is 0.405 e. The van der Waals surface area contributed by atoms with Crippen LogP contribution in [0.1, 0.15) is 18.4 Å². The van der Waals surface area contributed by atoms with Gasteiger partial charge in [-0.1, -0.05) is 0 Å². The van der Waals surface area contributed by atoms with E-state index in [9.17, 15) is 33.2 Å². The summed E-state index contributed by atoms with van der Waals surface area (Å²) in [4.78, 5) is 24.2. The quantitative estimate of drug-likeness (QED) is 0.618. The molecule has 25 heavy (non-hydrogen) atoms. The zero-order valence-corrected chi connectivity index (χ0v) is 13.3. The molecule has 7 nitrogen and oxygen atoms in total. The number of aliphatic hydroxyl groups excluding tert-OH is 1. The third-order valence-corrected chi connectivity index (χ3v) is 4.02. The molecule has 1 aliphatic rings. The lowest BCUT2D eigenvalue weighted by Crippen LogP contribution is -2.45. The number of hydrogen-bond acceptors (Lipinski definition) is 5. The molecule has 2 N–H and O–H groups in total. The molecule has 1 aromatic rings. The van der Waals surface area contributed by atoms with E-state index in [4.69, 9.17) is 0 Å². The summed E-state index contributed by atoms with van der Waals surface area (Å²) in [6.07, 6.45) is -3.56. The van der Waals surface area contributed by atoms with Crippen LogP contribution in [0.25, 0.3) is 0 Å². The van der Waals surface area contributed by atoms with Crippen molar-refractivity contribution >= 4 is 17.3 Å². The van der Waals surface area contributed by atoms with Gasteiger partial charge in [-0.25, -0.2) is 0 Å². The summed E-state index contributed by atoms with van der Waals surface area (Å²) >= 11 is 0. The number of aliphatic hydroxyl groups is 1. The van der Waals surface area contributed by atoms with Crippen LogP contribution in [-0.4, -0.2) is 41.7 Å². The summed E-state index contributed by atoms with van der Waals surface area (Å²) in [5.41, 5.74) is 0.558. The Morgan fingerprint density at radius 1 is 1.44 bits per heavy atom. The van der Waals surface area contributed by atoms with Crippen molar-refractivity contribution in [3.05, 3.63) is 33.9 Å². The van der Waals surface area contributed by atoms with Gasteiger partial charge in [0.25, 0.3) is 5.69 Å². The zero-order chi connectivity index (χ0) is 18.6. The Labute approximate surface area is 141 Å². The molecular weight excluding hydrogens is 343 g/mol. The van der Waals surface area contributed by atoms with Gasteiger partial charge in [-0.3, -0.25) is 14.9 Å². The van der Waals surface area contributed by atoms with E-state index in [1.807, 2.05) is 5.32 Å². The number of benzene rings is 1. The topological polar surface area (TPSA) is 95.7 Å². The Hall–Kier alpha value is -2.36. The summed E-state index contributed by atoms with van der Waals surface area (Å²) in [5, 5.41) is 22.3. The Morgan fingerprint density at radius 3 is 2.76 bits per heavy atom. The van der Waals surface area contributed by atoms with Gasteiger partial charge in [0.2, 0.25) is 5.91 Å². The van der Waals surface area contributed by atoms with Gasteiger partial charge in [-0.15, -0.1) is 0 Å². The molecule has 0 aliphatic carbocycles. The Bertz CT molecular complexity index is 651. The number of carbonyl (C=O) groups excluding carboxylic acids is 1. The van der Waals surface area contributed by atoms with Crippen molar-refractivity contribution in [2.24, 2.45) is 5.92 Å². The molecule has 1 aliphatic heterocycles. The molecule has 0 saturated carbocycles. The van der Waals surface area contributed by atoms with Gasteiger partial charge in [0, 0.05) is 19.2 Å². The fourth-order valence-corrected chi connectivity index (χ4v) is 2.82. The second kappa shape index (κ2) is 7.68. The predicted molar refractivity (Wildman–Crippen MR) is 83.0 cm³/mol. The second-order valence-electron chi connectivity index (χ2n) is 5.86. The molecule has 138 valence electrons. The maximum atomic E-state index is 12.2. The summed E-state index contributed by atoms with van der Waals surface area (Å²) in [7, 11) is 0. The maximum absolute atomic E-state index is 12.2. The molecule has 1 aromatic carbocycles. The van der Waals surface area contributed by atoms with E-state index in [1.54, 1.807) is 4.90 Å². The van der Waals surface area contributed by atoms with Crippen LogP contribution in [0.4, 0.5) is 24.5 Å². The van der Waals surface area contributed by atoms with Crippen molar-refractivity contribution in [3.8, 4) is 0 Å². The molecule has 0 bridgehead atoms. The number of nitro groups is 1. The number of piperidine rings is 1. The molecule has 1 saturated heterocycles. The Morgan fingerprint density at radius 2 is 2.16 bits per heavy atom. The van der Waals surface area contributed by atoms with Gasteiger partial charge in [0.05, 0.1) is 17.4 Å². The lowest BCUT2D eigenvalue weighted by Gasteiger charge is -2.33. The van der Waals surface area contributed by atoms with E-state index >= 15 is 0 Å². The zero-order valence-electron chi connectivity index (χ0n) is 13.3. The molecule has 2 rings (SSSR count). The second-order valence-corrected chi connectivity index (χ2v) is 5.86. The number of nitro benzene ring substituents is 1. The highest BCUT2D eigenvalue weighted by molar-refractivity contribution is 5.80. The molecule has 0 aromatic heterocycles. The SMILES string of the molecule is O=C(NCC(F)(F)F)C1CCCN(c2cc(CO)ccc2[N+](=O)[O-])C1. The highest BCUT2D eigenvalue weighted by atomic mass is 19.4. The molecule has 10 heteroatoms. The number of nitrogens with zero attached hydrogens (tertiary/aromatic N) is 2. The number of amides is 1. The number of carbonyl (C=O) groups is 1. The molecule has 1 atom stereocenters. The van der Waals surface area contributed by atoms with Crippen LogP contribution in [0, 0.1) is 16.0 Å². The highest BCUT2D eigenvalue weighted by Crippen LogP contribution is 2.32. The number of anilines is 1. The monoisotopic (exact) mass is 361 g/mol. The van der Waals surface area contributed by atoms with Gasteiger partial charge < -0.3 is 15.3 Å². The first-order valence-corrected chi connectivity index (χ1v) is 7.69. The van der Waals surface area contributed by atoms with E-state index < -0.39 is 29.5 Å². The standard InChI is InChI=1S/C15H18F3N3O4/c16-15(17,18)9-19-14(23)11-2-1-5-20(7-11)13-6-10(8-22)3-4-12(13)21(24)25/h3-4,6,11,22H,1-2,5,7-9H2,(H,19,23). The first-order chi connectivity index (χ1) is 11.7. The molecule has 1 heterocycles. The minimum absolute atomic E-state index is 0.0828. The van der Waals surface area contributed by atoms with Crippen LogP contribution in [0.15, 0.2) is 18.2 Å². The maximum Gasteiger partial charge on any atom is 0.405 e. The lowest BCUT2D eigenvalue weighted by molar-refractivity contribution is -0.384. The third-order valence-electron chi connectivity index (χ3n) is 4.02. The van der Waals surface area contributed by atoms with Gasteiger partial charge in [0.1, 0.15) is 12.2 Å². The van der Waals surface area contributed by atoms with E-state index in [1.165, 1.54) is 18.2 Å². The van der Waals surface area contributed by atoms with Gasteiger partial charge in [0.15, 0.2) is 0 Å². The average molecular weight is 361 g/mol. The van der Waals surface area contributed by atoms with Crippen LogP contribution in [0.2, 0.25) is 0 Å². The molecular formula is C15H18F3N3O4. The van der Waals surface area contributed by atoms with E-state index in [0.717, 1.165) is 0 Å². The molecule has 0 radical (unpaired) electrons. The third kappa shape index (κ3) is 5.05. The summed E-state index contributed by atoms with van der Waals surface area (Å²) in [6.45, 7) is -1.17. The minimum atomic E-state index is -4.49. The number of halogens is 3. The van der Waals surface area contributed by atoms with Gasteiger partial charge in [-0.05, 0) is 30.5 Å². The highest BCUT2D eigenvalue weighted by Gasteiger charge is 2.32. The van der Waals surface area contributed by atoms with Crippen LogP contribution in [0.5, 0.6) is 0 Å². The number of rotatable bonds is 5. The van der Waals surface area contributed by atoms with Crippen LogP contribution >= 0.6 is 0 Å². The van der Waals surface area contributed by atoms with Crippen molar-refractivity contribution in [3.63, 3.8) is 0 Å². The molecule has 1 fully saturated rings. The summed E-state index contributed by atoms with van der Waals surface area (Å²) < 4.78 is 36.7. The summed E-state index contributed by atoms with van der Waals surface area (Å²) in [6, 6.07) is 4.17. The van der Waals surface area contributed by atoms with Crippen LogP contribution < -0.4 is 10.2 Å². The van der Waals surface area contributed by atoms with Crippen molar-refractivity contribution in [1.29, 1.82) is 0 Å². The first-order valence-electron chi connectivity index (χ1n) is 7.69. The van der Waals surface area contributed by atoms with Crippen molar-refractivity contribution in [1.82, 2.24) is 5.32 Å². The Balaban J connectivity index is 2.15. The smallest absolute Gasteiger partial charge is 0.392 e. The molecule has 1 unspecified atom stereocenters. The van der Waals surface area contributed by atoms with Gasteiger partial charge >= 0.3 is 6.18 Å². The van der Waals surface area contributed by atoms with Crippen LogP contribution in [0.3, 0.4) is 0 Å².